The van der Waals surface area contributed by atoms with Gasteiger partial charge in [-0.15, -0.1) is 0 Å². The van der Waals surface area contributed by atoms with Gasteiger partial charge in [0.25, 0.3) is 0 Å². The minimum Gasteiger partial charge on any atom is -0.496 e. The van der Waals surface area contributed by atoms with Gasteiger partial charge in [-0.05, 0) is 23.9 Å². The van der Waals surface area contributed by atoms with Gasteiger partial charge in [-0.1, -0.05) is 42.1 Å². The van der Waals surface area contributed by atoms with Crippen LogP contribution in [-0.4, -0.2) is 42.4 Å². The topological polar surface area (TPSA) is 56.6 Å². The molecule has 4 rings (SSSR count). The van der Waals surface area contributed by atoms with E-state index in [1.807, 2.05) is 43.4 Å². The Labute approximate surface area is 156 Å². The van der Waals surface area contributed by atoms with Crippen molar-refractivity contribution >= 4 is 28.4 Å². The summed E-state index contributed by atoms with van der Waals surface area (Å²) in [6.07, 6.45) is 0.283. The van der Waals surface area contributed by atoms with Gasteiger partial charge in [-0.25, -0.2) is 0 Å². The molecule has 1 amide bonds. The van der Waals surface area contributed by atoms with Gasteiger partial charge in [-0.2, -0.15) is 5.26 Å². The van der Waals surface area contributed by atoms with E-state index >= 15 is 0 Å². The van der Waals surface area contributed by atoms with Crippen molar-refractivity contribution in [3.63, 3.8) is 0 Å². The van der Waals surface area contributed by atoms with E-state index < -0.39 is 0 Å². The predicted molar refractivity (Wildman–Crippen MR) is 102 cm³/mol. The van der Waals surface area contributed by atoms with E-state index in [9.17, 15) is 10.1 Å². The highest BCUT2D eigenvalue weighted by atomic mass is 32.2. The summed E-state index contributed by atoms with van der Waals surface area (Å²) in [6.45, 7) is 0.533. The van der Waals surface area contributed by atoms with Crippen molar-refractivity contribution in [3.05, 3.63) is 52.6 Å². The largest absolute Gasteiger partial charge is 0.496 e. The molecule has 2 heterocycles. The van der Waals surface area contributed by atoms with Crippen molar-refractivity contribution in [3.8, 4) is 11.8 Å². The summed E-state index contributed by atoms with van der Waals surface area (Å²) in [6, 6.07) is 14.4. The molecule has 0 N–H and O–H groups in total. The quantitative estimate of drug-likeness (QED) is 0.815. The first-order valence-corrected chi connectivity index (χ1v) is 9.44. The number of hydrogen-bond acceptors (Lipinski definition) is 5. The van der Waals surface area contributed by atoms with Gasteiger partial charge in [0.1, 0.15) is 5.75 Å². The Kier molecular flexibility index (Phi) is 4.35. The molecule has 2 aliphatic heterocycles. The van der Waals surface area contributed by atoms with E-state index in [4.69, 9.17) is 4.74 Å². The number of carbonyl (C=O) groups is 1. The minimum atomic E-state index is -0.282. The second-order valence-corrected chi connectivity index (χ2v) is 7.52. The third kappa shape index (κ3) is 2.64. The van der Waals surface area contributed by atoms with Gasteiger partial charge < -0.3 is 4.74 Å². The van der Waals surface area contributed by atoms with E-state index in [1.54, 1.807) is 23.8 Å². The predicted octanol–water partition coefficient (Wildman–Crippen LogP) is 3.49. The summed E-state index contributed by atoms with van der Waals surface area (Å²) in [5.41, 5.74) is 1.60. The zero-order chi connectivity index (χ0) is 18.3. The third-order valence-electron chi connectivity index (χ3n) is 4.93. The molecule has 6 heteroatoms. The van der Waals surface area contributed by atoms with Crippen LogP contribution in [0.1, 0.15) is 17.9 Å². The number of ether oxygens (including phenoxy) is 1. The minimum absolute atomic E-state index is 0.0537. The van der Waals surface area contributed by atoms with Gasteiger partial charge in [0, 0.05) is 17.9 Å². The molecule has 2 aromatic carbocycles. The Bertz CT molecular complexity index is 963. The molecule has 0 aromatic heterocycles. The number of fused-ring (bicyclic) bond motifs is 2. The van der Waals surface area contributed by atoms with Gasteiger partial charge in [0.15, 0.2) is 0 Å². The van der Waals surface area contributed by atoms with Crippen LogP contribution in [0.3, 0.4) is 0 Å². The Morgan fingerprint density at radius 3 is 2.85 bits per heavy atom. The lowest BCUT2D eigenvalue weighted by atomic mass is 9.83. The monoisotopic (exact) mass is 365 g/mol. The van der Waals surface area contributed by atoms with Crippen molar-refractivity contribution in [1.82, 2.24) is 9.80 Å². The number of hydrogen-bond donors (Lipinski definition) is 0. The number of carbonyl (C=O) groups excluding carboxylic acids is 1. The first-order valence-electron chi connectivity index (χ1n) is 8.45. The number of thioether (sulfide) groups is 1. The Balaban J connectivity index is 1.94. The van der Waals surface area contributed by atoms with Crippen LogP contribution in [-0.2, 0) is 4.79 Å². The Hall–Kier alpha value is -2.49. The first kappa shape index (κ1) is 17.0. The second-order valence-electron chi connectivity index (χ2n) is 6.58. The maximum Gasteiger partial charge on any atom is 0.229 e. The summed E-state index contributed by atoms with van der Waals surface area (Å²) < 4.78 is 5.62. The highest BCUT2D eigenvalue weighted by Gasteiger charge is 2.39. The molecule has 1 fully saturated rings. The molecule has 1 atom stereocenters. The first-order chi connectivity index (χ1) is 12.6. The van der Waals surface area contributed by atoms with Gasteiger partial charge in [-0.3, -0.25) is 14.6 Å². The van der Waals surface area contributed by atoms with E-state index in [0.29, 0.717) is 12.2 Å². The van der Waals surface area contributed by atoms with Gasteiger partial charge in [0.2, 0.25) is 5.91 Å². The average molecular weight is 365 g/mol. The normalized spacial score (nSPS) is 20.9. The maximum absolute atomic E-state index is 12.9. The Morgan fingerprint density at radius 2 is 2.08 bits per heavy atom. The molecule has 2 aliphatic rings. The van der Waals surface area contributed by atoms with Crippen LogP contribution in [0.4, 0.5) is 0 Å². The zero-order valence-electron chi connectivity index (χ0n) is 14.7. The molecule has 132 valence electrons. The van der Waals surface area contributed by atoms with Gasteiger partial charge >= 0.3 is 0 Å². The number of methoxy groups -OCH3 is 1. The fourth-order valence-electron chi connectivity index (χ4n) is 3.73. The number of allylic oxidation sites excluding steroid dienone is 1. The van der Waals surface area contributed by atoms with Crippen LogP contribution in [0, 0.1) is 11.3 Å². The molecule has 0 radical (unpaired) electrons. The lowest BCUT2D eigenvalue weighted by molar-refractivity contribution is -0.131. The van der Waals surface area contributed by atoms with Crippen LogP contribution < -0.4 is 4.74 Å². The molecule has 0 spiro atoms. The van der Waals surface area contributed by atoms with Gasteiger partial charge in [0.05, 0.1) is 36.3 Å². The zero-order valence-corrected chi connectivity index (χ0v) is 15.5. The second kappa shape index (κ2) is 6.67. The summed E-state index contributed by atoms with van der Waals surface area (Å²) in [4.78, 5) is 16.7. The van der Waals surface area contributed by atoms with E-state index in [2.05, 4.69) is 11.0 Å². The molecule has 26 heavy (non-hydrogen) atoms. The lowest BCUT2D eigenvalue weighted by Gasteiger charge is -2.40. The molecule has 0 saturated carbocycles. The molecule has 0 bridgehead atoms. The summed E-state index contributed by atoms with van der Waals surface area (Å²) in [5.74, 6) is 1.26. The standard InChI is InChI=1S/C20H19N3O2S/c1-22-11-23-18(24)9-15(16(10-21)20(23)26-12-22)19-14-6-4-3-5-13(14)7-8-17(19)25-2/h3-8,15H,9,11-12H2,1-2H3/t15-/m1/s1. The van der Waals surface area contributed by atoms with Crippen LogP contribution >= 0.6 is 11.8 Å². The van der Waals surface area contributed by atoms with Crippen molar-refractivity contribution in [2.75, 3.05) is 26.7 Å². The SMILES string of the molecule is COc1ccc2ccccc2c1[C@@H]1CC(=O)N2CN(C)CSC2=C1C#N. The number of nitrogens with zero attached hydrogens (tertiary/aromatic N) is 3. The van der Waals surface area contributed by atoms with Crippen LogP contribution in [0.2, 0.25) is 0 Å². The molecular weight excluding hydrogens is 346 g/mol. The molecule has 1 saturated heterocycles. The number of amides is 1. The van der Waals surface area contributed by atoms with Crippen molar-refractivity contribution in [2.45, 2.75) is 12.3 Å². The number of nitriles is 1. The summed E-state index contributed by atoms with van der Waals surface area (Å²) in [5, 5.41) is 12.8. The Morgan fingerprint density at radius 1 is 1.27 bits per heavy atom. The number of rotatable bonds is 2. The van der Waals surface area contributed by atoms with Crippen LogP contribution in [0.5, 0.6) is 5.75 Å². The fraction of sp³-hybridized carbons (Fsp3) is 0.300. The molecular formula is C20H19N3O2S. The van der Waals surface area contributed by atoms with E-state index in [0.717, 1.165) is 33.0 Å². The fourth-order valence-corrected chi connectivity index (χ4v) is 4.82. The highest BCUT2D eigenvalue weighted by Crippen LogP contribution is 2.46. The molecule has 5 nitrogen and oxygen atoms in total. The highest BCUT2D eigenvalue weighted by molar-refractivity contribution is 8.03. The molecule has 2 aromatic rings. The van der Waals surface area contributed by atoms with Crippen LogP contribution in [0.15, 0.2) is 47.0 Å². The van der Waals surface area contributed by atoms with Crippen LogP contribution in [0.25, 0.3) is 10.8 Å². The molecule has 0 aliphatic carbocycles. The number of benzene rings is 2. The van der Waals surface area contributed by atoms with Crippen molar-refractivity contribution in [1.29, 1.82) is 5.26 Å². The smallest absolute Gasteiger partial charge is 0.229 e. The average Bonchev–Trinajstić information content (AvgIpc) is 2.67. The van der Waals surface area contributed by atoms with Crippen molar-refractivity contribution < 1.29 is 9.53 Å². The summed E-state index contributed by atoms with van der Waals surface area (Å²) in [7, 11) is 3.61. The lowest BCUT2D eigenvalue weighted by Crippen LogP contribution is -2.45. The van der Waals surface area contributed by atoms with E-state index in [1.165, 1.54) is 0 Å². The summed E-state index contributed by atoms with van der Waals surface area (Å²) >= 11 is 1.56. The third-order valence-corrected chi connectivity index (χ3v) is 6.21. The maximum atomic E-state index is 12.9. The van der Waals surface area contributed by atoms with E-state index in [-0.39, 0.29) is 18.2 Å². The molecule has 0 unspecified atom stereocenters. The van der Waals surface area contributed by atoms with Crippen molar-refractivity contribution in [2.24, 2.45) is 0 Å².